The van der Waals surface area contributed by atoms with Crippen molar-refractivity contribution in [3.05, 3.63) is 28.3 Å². The zero-order valence-electron chi connectivity index (χ0n) is 10.5. The minimum Gasteiger partial charge on any atom is -0.495 e. The van der Waals surface area contributed by atoms with Crippen LogP contribution in [0, 0.1) is 6.92 Å². The molecular formula is C13H17ClN2O2. The number of carbonyl (C=O) groups is 1. The van der Waals surface area contributed by atoms with Gasteiger partial charge in [0, 0.05) is 0 Å². The maximum atomic E-state index is 12.0. The highest BCUT2D eigenvalue weighted by Crippen LogP contribution is 2.46. The molecule has 98 valence electrons. The predicted octanol–water partition coefficient (Wildman–Crippen LogP) is 2.07. The van der Waals surface area contributed by atoms with Gasteiger partial charge in [0.15, 0.2) is 0 Å². The van der Waals surface area contributed by atoms with Gasteiger partial charge in [0.1, 0.15) is 5.75 Å². The molecule has 0 spiro atoms. The first-order valence-corrected chi connectivity index (χ1v) is 6.28. The number of carbonyl (C=O) groups excluding carboxylic acids is 1. The fourth-order valence-corrected chi connectivity index (χ4v) is 2.86. The first kappa shape index (κ1) is 13.2. The van der Waals surface area contributed by atoms with Gasteiger partial charge in [0.05, 0.1) is 17.5 Å². The molecule has 3 N–H and O–H groups in total. The lowest BCUT2D eigenvalue weighted by molar-refractivity contribution is -0.130. The molecular weight excluding hydrogens is 252 g/mol. The molecule has 0 bridgehead atoms. The Morgan fingerprint density at radius 2 is 2.17 bits per heavy atom. The van der Waals surface area contributed by atoms with Crippen molar-refractivity contribution in [2.24, 2.45) is 5.84 Å². The van der Waals surface area contributed by atoms with Crippen LogP contribution >= 0.6 is 11.6 Å². The smallest absolute Gasteiger partial charge is 0.244 e. The van der Waals surface area contributed by atoms with Crippen molar-refractivity contribution in [3.8, 4) is 5.75 Å². The third-order valence-corrected chi connectivity index (χ3v) is 4.08. The molecule has 1 saturated carbocycles. The van der Waals surface area contributed by atoms with Gasteiger partial charge in [-0.2, -0.15) is 0 Å². The summed E-state index contributed by atoms with van der Waals surface area (Å²) < 4.78 is 5.17. The topological polar surface area (TPSA) is 64.3 Å². The number of nitrogens with one attached hydrogen (secondary N) is 1. The molecule has 1 fully saturated rings. The highest BCUT2D eigenvalue weighted by Gasteiger charge is 2.46. The average Bonchev–Trinajstić information content (AvgIpc) is 2.31. The number of aryl methyl sites for hydroxylation is 1. The molecule has 1 amide bonds. The fraction of sp³-hybridized carbons (Fsp3) is 0.462. The van der Waals surface area contributed by atoms with Crippen molar-refractivity contribution >= 4 is 17.5 Å². The summed E-state index contributed by atoms with van der Waals surface area (Å²) in [6, 6.07) is 3.69. The normalized spacial score (nSPS) is 16.9. The molecule has 1 aromatic rings. The Hall–Kier alpha value is -1.26. The van der Waals surface area contributed by atoms with Crippen LogP contribution < -0.4 is 16.0 Å². The van der Waals surface area contributed by atoms with E-state index in [1.165, 1.54) is 0 Å². The van der Waals surface area contributed by atoms with Gasteiger partial charge in [-0.05, 0) is 43.0 Å². The van der Waals surface area contributed by atoms with E-state index in [0.29, 0.717) is 10.8 Å². The zero-order valence-corrected chi connectivity index (χ0v) is 11.3. The van der Waals surface area contributed by atoms with E-state index >= 15 is 0 Å². The van der Waals surface area contributed by atoms with Gasteiger partial charge in [0.2, 0.25) is 5.91 Å². The van der Waals surface area contributed by atoms with E-state index in [1.807, 2.05) is 19.1 Å². The number of rotatable bonds is 3. The second-order valence-electron chi connectivity index (χ2n) is 4.71. The number of hydrogen-bond acceptors (Lipinski definition) is 3. The Balaban J connectivity index is 2.50. The van der Waals surface area contributed by atoms with Crippen LogP contribution in [0.4, 0.5) is 0 Å². The summed E-state index contributed by atoms with van der Waals surface area (Å²) in [7, 11) is 1.58. The van der Waals surface area contributed by atoms with Crippen molar-refractivity contribution in [3.63, 3.8) is 0 Å². The molecule has 18 heavy (non-hydrogen) atoms. The summed E-state index contributed by atoms with van der Waals surface area (Å²) in [5.41, 5.74) is 3.70. The summed E-state index contributed by atoms with van der Waals surface area (Å²) >= 11 is 6.15. The number of amides is 1. The maximum Gasteiger partial charge on any atom is 0.244 e. The van der Waals surface area contributed by atoms with E-state index in [2.05, 4.69) is 5.43 Å². The highest BCUT2D eigenvalue weighted by atomic mass is 35.5. The molecule has 0 heterocycles. The van der Waals surface area contributed by atoms with Gasteiger partial charge in [-0.1, -0.05) is 18.0 Å². The van der Waals surface area contributed by atoms with E-state index in [0.717, 1.165) is 30.4 Å². The van der Waals surface area contributed by atoms with Gasteiger partial charge in [0.25, 0.3) is 0 Å². The van der Waals surface area contributed by atoms with E-state index in [9.17, 15) is 4.79 Å². The summed E-state index contributed by atoms with van der Waals surface area (Å²) in [4.78, 5) is 12.0. The van der Waals surface area contributed by atoms with E-state index in [-0.39, 0.29) is 5.91 Å². The van der Waals surface area contributed by atoms with Crippen LogP contribution in [0.15, 0.2) is 12.1 Å². The number of hydrazine groups is 1. The lowest BCUT2D eigenvalue weighted by Crippen LogP contribution is -2.51. The summed E-state index contributed by atoms with van der Waals surface area (Å²) in [6.45, 7) is 1.96. The Morgan fingerprint density at radius 3 is 2.61 bits per heavy atom. The molecule has 0 radical (unpaired) electrons. The Bertz CT molecular complexity index is 484. The Morgan fingerprint density at radius 1 is 1.50 bits per heavy atom. The van der Waals surface area contributed by atoms with Crippen LogP contribution in [-0.4, -0.2) is 13.0 Å². The number of ether oxygens (including phenoxy) is 1. The minimum absolute atomic E-state index is 0.141. The largest absolute Gasteiger partial charge is 0.495 e. The molecule has 1 aliphatic carbocycles. The SMILES string of the molecule is COc1cc(C)c(C2(C(=O)NN)CCC2)cc1Cl. The van der Waals surface area contributed by atoms with Crippen molar-refractivity contribution in [1.29, 1.82) is 0 Å². The third-order valence-electron chi connectivity index (χ3n) is 3.79. The van der Waals surface area contributed by atoms with E-state index in [4.69, 9.17) is 22.2 Å². The van der Waals surface area contributed by atoms with Gasteiger partial charge in [-0.3, -0.25) is 10.2 Å². The standard InChI is InChI=1S/C13H17ClN2O2/c1-8-6-11(18-2)10(14)7-9(8)13(4-3-5-13)12(17)16-15/h6-7H,3-5,15H2,1-2H3,(H,16,17). The van der Waals surface area contributed by atoms with Gasteiger partial charge in [-0.15, -0.1) is 0 Å². The van der Waals surface area contributed by atoms with Crippen LogP contribution in [0.1, 0.15) is 30.4 Å². The highest BCUT2D eigenvalue weighted by molar-refractivity contribution is 6.32. The lowest BCUT2D eigenvalue weighted by Gasteiger charge is -2.41. The molecule has 0 saturated heterocycles. The molecule has 4 nitrogen and oxygen atoms in total. The first-order chi connectivity index (χ1) is 8.55. The average molecular weight is 269 g/mol. The molecule has 2 rings (SSSR count). The van der Waals surface area contributed by atoms with Crippen LogP contribution in [0.2, 0.25) is 5.02 Å². The van der Waals surface area contributed by atoms with Gasteiger partial charge in [-0.25, -0.2) is 5.84 Å². The maximum absolute atomic E-state index is 12.0. The van der Waals surface area contributed by atoms with Crippen LogP contribution in [0.5, 0.6) is 5.75 Å². The van der Waals surface area contributed by atoms with Gasteiger partial charge >= 0.3 is 0 Å². The second-order valence-corrected chi connectivity index (χ2v) is 5.12. The van der Waals surface area contributed by atoms with Crippen molar-refractivity contribution in [1.82, 2.24) is 5.43 Å². The van der Waals surface area contributed by atoms with Crippen LogP contribution in [0.25, 0.3) is 0 Å². The van der Waals surface area contributed by atoms with Gasteiger partial charge < -0.3 is 4.74 Å². The Kier molecular flexibility index (Phi) is 3.50. The fourth-order valence-electron chi connectivity index (χ4n) is 2.61. The second kappa shape index (κ2) is 4.78. The summed E-state index contributed by atoms with van der Waals surface area (Å²) in [6.07, 6.45) is 2.63. The van der Waals surface area contributed by atoms with Crippen LogP contribution in [0.3, 0.4) is 0 Å². The minimum atomic E-state index is -0.519. The summed E-state index contributed by atoms with van der Waals surface area (Å²) in [5.74, 6) is 5.78. The number of halogens is 1. The van der Waals surface area contributed by atoms with Crippen molar-refractivity contribution in [2.45, 2.75) is 31.6 Å². The quantitative estimate of drug-likeness (QED) is 0.501. The molecule has 0 aromatic heterocycles. The molecule has 0 unspecified atom stereocenters. The number of methoxy groups -OCH3 is 1. The van der Waals surface area contributed by atoms with Crippen molar-refractivity contribution < 1.29 is 9.53 Å². The number of benzene rings is 1. The molecule has 5 heteroatoms. The monoisotopic (exact) mass is 268 g/mol. The van der Waals surface area contributed by atoms with E-state index < -0.39 is 5.41 Å². The third kappa shape index (κ3) is 1.85. The summed E-state index contributed by atoms with van der Waals surface area (Å²) in [5, 5.41) is 0.522. The molecule has 0 atom stereocenters. The van der Waals surface area contributed by atoms with Crippen LogP contribution in [-0.2, 0) is 10.2 Å². The lowest BCUT2D eigenvalue weighted by atomic mass is 9.63. The number of nitrogens with two attached hydrogens (primary N) is 1. The molecule has 1 aliphatic rings. The molecule has 1 aromatic carbocycles. The van der Waals surface area contributed by atoms with Crippen molar-refractivity contribution in [2.75, 3.05) is 7.11 Å². The van der Waals surface area contributed by atoms with E-state index in [1.54, 1.807) is 7.11 Å². The molecule has 0 aliphatic heterocycles. The number of hydrogen-bond donors (Lipinski definition) is 2. The first-order valence-electron chi connectivity index (χ1n) is 5.91. The zero-order chi connectivity index (χ0) is 13.3. The Labute approximate surface area is 111 Å². The predicted molar refractivity (Wildman–Crippen MR) is 70.6 cm³/mol.